The van der Waals surface area contributed by atoms with Gasteiger partial charge < -0.3 is 30.3 Å². The van der Waals surface area contributed by atoms with E-state index in [1.807, 2.05) is 6.07 Å². The van der Waals surface area contributed by atoms with Crippen LogP contribution in [0.15, 0.2) is 85.2 Å². The van der Waals surface area contributed by atoms with Gasteiger partial charge >= 0.3 is 0 Å². The van der Waals surface area contributed by atoms with Crippen molar-refractivity contribution in [2.24, 2.45) is 11.3 Å². The second-order valence-electron chi connectivity index (χ2n) is 19.5. The van der Waals surface area contributed by atoms with Crippen molar-refractivity contribution < 1.29 is 42.6 Å². The molecule has 72 heavy (non-hydrogen) atoms. The highest BCUT2D eigenvalue weighted by atomic mass is 19.1. The number of ether oxygens (including phenoxy) is 2. The van der Waals surface area contributed by atoms with Crippen molar-refractivity contribution in [3.05, 3.63) is 102 Å². The summed E-state index contributed by atoms with van der Waals surface area (Å²) in [6, 6.07) is 19.3. The number of nitrogens with one attached hydrogen (secondary N) is 4. The molecule has 6 amide bonds. The van der Waals surface area contributed by atoms with E-state index in [0.717, 1.165) is 72.8 Å². The summed E-state index contributed by atoms with van der Waals surface area (Å²) in [5, 5.41) is 11.9. The summed E-state index contributed by atoms with van der Waals surface area (Å²) >= 11 is 0. The third kappa shape index (κ3) is 9.65. The number of piperidine rings is 2. The second-order valence-corrected chi connectivity index (χ2v) is 19.5. The lowest BCUT2D eigenvalue weighted by Gasteiger charge is -2.46. The SMILES string of the molecule is COc1cc2c(Oc3ccc(NC(=O)C4(C(=O)Nc5ccc(F)cc5)CC4)cc3)ccnc2cc1N1CCC(CN2C[C@@H](C)N(CCNc3nccc4c3C(=O)N(C3CCC(=O)NC3=O)C4=O)C[C@@H]2C)CC1. The number of amides is 6. The monoisotopic (exact) mass is 980 g/mol. The number of nitrogens with zero attached hydrogens (tertiary/aromatic N) is 6. The summed E-state index contributed by atoms with van der Waals surface area (Å²) < 4.78 is 25.7. The zero-order valence-electron chi connectivity index (χ0n) is 40.4. The van der Waals surface area contributed by atoms with Gasteiger partial charge in [-0.3, -0.25) is 53.8 Å². The van der Waals surface area contributed by atoms with Gasteiger partial charge in [-0.15, -0.1) is 0 Å². The Labute approximate surface area is 415 Å². The molecule has 2 aromatic heterocycles. The van der Waals surface area contributed by atoms with E-state index in [4.69, 9.17) is 14.5 Å². The van der Waals surface area contributed by atoms with E-state index in [-0.39, 0.29) is 30.0 Å². The molecule has 3 aromatic carbocycles. The number of pyridine rings is 2. The Morgan fingerprint density at radius 1 is 0.806 bits per heavy atom. The molecule has 4 aliphatic heterocycles. The summed E-state index contributed by atoms with van der Waals surface area (Å²) in [4.78, 5) is 94.9. The Morgan fingerprint density at radius 2 is 1.47 bits per heavy atom. The number of piperazine rings is 1. The van der Waals surface area contributed by atoms with Gasteiger partial charge in [0.05, 0.1) is 29.4 Å². The lowest BCUT2D eigenvalue weighted by atomic mass is 9.94. The number of benzene rings is 3. The number of carbonyl (C=O) groups is 6. The molecule has 1 aliphatic carbocycles. The van der Waals surface area contributed by atoms with Gasteiger partial charge in [-0.2, -0.15) is 0 Å². The molecule has 3 atom stereocenters. The van der Waals surface area contributed by atoms with Crippen molar-refractivity contribution in [1.82, 2.24) is 30.0 Å². The molecule has 0 radical (unpaired) electrons. The molecule has 1 unspecified atom stereocenters. The van der Waals surface area contributed by atoms with Crippen LogP contribution in [0.25, 0.3) is 10.9 Å². The number of halogens is 1. The van der Waals surface area contributed by atoms with Crippen LogP contribution in [-0.4, -0.2) is 131 Å². The maximum atomic E-state index is 13.5. The van der Waals surface area contributed by atoms with E-state index < -0.39 is 52.7 Å². The number of carbonyl (C=O) groups excluding carboxylic acids is 6. The van der Waals surface area contributed by atoms with Crippen molar-refractivity contribution in [2.75, 3.05) is 73.8 Å². The molecule has 4 fully saturated rings. The Morgan fingerprint density at radius 3 is 2.15 bits per heavy atom. The number of fused-ring (bicyclic) bond motifs is 2. The van der Waals surface area contributed by atoms with Crippen LogP contribution < -0.4 is 35.6 Å². The number of aromatic nitrogens is 2. The first-order chi connectivity index (χ1) is 34.8. The normalized spacial score (nSPS) is 21.3. The topological polar surface area (TPSA) is 208 Å². The number of imide groups is 2. The Kier molecular flexibility index (Phi) is 13.3. The fourth-order valence-electron chi connectivity index (χ4n) is 10.5. The molecule has 6 heterocycles. The number of methoxy groups -OCH3 is 1. The lowest BCUT2D eigenvalue weighted by Crippen LogP contribution is -2.58. The van der Waals surface area contributed by atoms with Crippen molar-refractivity contribution in [3.8, 4) is 17.2 Å². The third-order valence-corrected chi connectivity index (χ3v) is 14.8. The van der Waals surface area contributed by atoms with Crippen LogP contribution in [0.3, 0.4) is 0 Å². The van der Waals surface area contributed by atoms with Crippen LogP contribution in [0, 0.1) is 17.2 Å². The molecule has 0 spiro atoms. The summed E-state index contributed by atoms with van der Waals surface area (Å²) in [5.41, 5.74) is 1.87. The molecular formula is C53H57FN10O8. The van der Waals surface area contributed by atoms with Gasteiger partial charge in [0, 0.05) is 93.5 Å². The molecule has 4 N–H and O–H groups in total. The molecular weight excluding hydrogens is 924 g/mol. The quantitative estimate of drug-likeness (QED) is 0.0696. The maximum Gasteiger partial charge on any atom is 0.266 e. The average molecular weight is 981 g/mol. The fraction of sp³-hybridized carbons (Fsp3) is 0.396. The van der Waals surface area contributed by atoms with Gasteiger partial charge in [0.2, 0.25) is 23.6 Å². The van der Waals surface area contributed by atoms with Gasteiger partial charge in [0.15, 0.2) is 0 Å². The Hall–Kier alpha value is -7.51. The minimum atomic E-state index is -1.18. The standard InChI is InChI=1S/C53H57FN10O8/c1-31-29-63(32(2)28-62(31)25-22-57-47-46-38(14-20-56-47)49(67)64(50(46)68)41-12-13-45(65)60-48(41)66)30-33-16-23-61(24-17-33)42-27-40-39(26-44(42)71-3)43(15-21-55-40)72-37-10-8-36(9-11-37)59-52(70)53(18-19-53)51(69)58-35-6-4-34(54)5-7-35/h4-11,14-15,20-21,26-27,31-33,41H,12-13,16-19,22-25,28-30H2,1-3H3,(H,56,57)(H,58,69)(H,59,70)(H,60,65,66)/t31-,32+,41?/m1/s1. The minimum Gasteiger partial charge on any atom is -0.495 e. The smallest absolute Gasteiger partial charge is 0.266 e. The first kappa shape index (κ1) is 48.1. The fourth-order valence-corrected chi connectivity index (χ4v) is 10.5. The first-order valence-corrected chi connectivity index (χ1v) is 24.6. The zero-order chi connectivity index (χ0) is 50.3. The van der Waals surface area contributed by atoms with Crippen LogP contribution in [0.2, 0.25) is 0 Å². The van der Waals surface area contributed by atoms with E-state index in [9.17, 15) is 33.2 Å². The molecule has 1 saturated carbocycles. The van der Waals surface area contributed by atoms with Crippen molar-refractivity contribution in [1.29, 1.82) is 0 Å². The zero-order valence-corrected chi connectivity index (χ0v) is 40.4. The first-order valence-electron chi connectivity index (χ1n) is 24.6. The molecule has 19 heteroatoms. The van der Waals surface area contributed by atoms with Crippen molar-refractivity contribution >= 4 is 69.2 Å². The van der Waals surface area contributed by atoms with Crippen molar-refractivity contribution in [2.45, 2.75) is 70.5 Å². The van der Waals surface area contributed by atoms with E-state index in [1.54, 1.807) is 43.6 Å². The highest BCUT2D eigenvalue weighted by molar-refractivity contribution is 6.25. The Balaban J connectivity index is 0.701. The summed E-state index contributed by atoms with van der Waals surface area (Å²) in [6.07, 6.45) is 6.25. The molecule has 5 aliphatic rings. The number of rotatable bonds is 15. The highest BCUT2D eigenvalue weighted by Crippen LogP contribution is 2.48. The summed E-state index contributed by atoms with van der Waals surface area (Å²) in [5.74, 6) is -0.725. The molecule has 374 valence electrons. The van der Waals surface area contributed by atoms with Gasteiger partial charge in [-0.1, -0.05) is 0 Å². The lowest BCUT2D eigenvalue weighted by molar-refractivity contribution is -0.136. The molecule has 3 saturated heterocycles. The number of hydrogen-bond acceptors (Lipinski definition) is 14. The van der Waals surface area contributed by atoms with Crippen LogP contribution in [-0.2, 0) is 19.2 Å². The van der Waals surface area contributed by atoms with Crippen LogP contribution in [0.4, 0.5) is 27.3 Å². The predicted molar refractivity (Wildman–Crippen MR) is 267 cm³/mol. The maximum absolute atomic E-state index is 13.5. The molecule has 10 rings (SSSR count). The van der Waals surface area contributed by atoms with E-state index >= 15 is 0 Å². The van der Waals surface area contributed by atoms with Crippen molar-refractivity contribution in [3.63, 3.8) is 0 Å². The van der Waals surface area contributed by atoms with E-state index in [0.29, 0.717) is 66.6 Å². The van der Waals surface area contributed by atoms with Crippen LogP contribution in [0.1, 0.15) is 73.1 Å². The Bertz CT molecular complexity index is 2940. The van der Waals surface area contributed by atoms with E-state index in [1.165, 1.54) is 36.5 Å². The summed E-state index contributed by atoms with van der Waals surface area (Å²) in [7, 11) is 1.67. The van der Waals surface area contributed by atoms with Gasteiger partial charge in [-0.25, -0.2) is 9.37 Å². The predicted octanol–water partition coefficient (Wildman–Crippen LogP) is 6.05. The van der Waals surface area contributed by atoms with Gasteiger partial charge in [0.1, 0.15) is 40.3 Å². The highest BCUT2D eigenvalue weighted by Gasteiger charge is 2.56. The number of hydrogen-bond donors (Lipinski definition) is 4. The third-order valence-electron chi connectivity index (χ3n) is 14.8. The largest absolute Gasteiger partial charge is 0.495 e. The molecule has 18 nitrogen and oxygen atoms in total. The average Bonchev–Trinajstić information content (AvgIpc) is 4.16. The summed E-state index contributed by atoms with van der Waals surface area (Å²) in [6.45, 7) is 10.3. The van der Waals surface area contributed by atoms with Crippen LogP contribution >= 0.6 is 0 Å². The minimum absolute atomic E-state index is 0.0556. The van der Waals surface area contributed by atoms with Gasteiger partial charge in [-0.05, 0) is 125 Å². The van der Waals surface area contributed by atoms with E-state index in [2.05, 4.69) is 60.9 Å². The molecule has 5 aromatic rings. The molecule has 0 bridgehead atoms. The van der Waals surface area contributed by atoms with Crippen LogP contribution in [0.5, 0.6) is 17.2 Å². The van der Waals surface area contributed by atoms with Gasteiger partial charge in [0.25, 0.3) is 11.8 Å². The number of anilines is 4. The second kappa shape index (κ2) is 19.9.